The summed E-state index contributed by atoms with van der Waals surface area (Å²) in [5.74, 6) is -0.828. The average Bonchev–Trinajstić information content (AvgIpc) is 1.81. The van der Waals surface area contributed by atoms with E-state index in [2.05, 4.69) is 17.9 Å². The predicted molar refractivity (Wildman–Crippen MR) is 40.1 cm³/mol. The van der Waals surface area contributed by atoms with Gasteiger partial charge < -0.3 is 10.2 Å². The standard InChI is InChI=1S/C5H11NO3S/c1-3(7)4(5(8)9)6-2-10/h3-4,6-7,10H,2H2,1H3,(H,8,9)/t3-,4+/m1/s1. The zero-order chi connectivity index (χ0) is 8.15. The van der Waals surface area contributed by atoms with Crippen LogP contribution < -0.4 is 5.32 Å². The Morgan fingerprint density at radius 2 is 2.30 bits per heavy atom. The van der Waals surface area contributed by atoms with Gasteiger partial charge in [0.25, 0.3) is 0 Å². The lowest BCUT2D eigenvalue weighted by molar-refractivity contribution is -0.142. The Morgan fingerprint density at radius 3 is 2.40 bits per heavy atom. The lowest BCUT2D eigenvalue weighted by Gasteiger charge is -2.14. The number of aliphatic carboxylic acids is 1. The van der Waals surface area contributed by atoms with E-state index >= 15 is 0 Å². The van der Waals surface area contributed by atoms with Crippen LogP contribution in [-0.4, -0.2) is 34.2 Å². The highest BCUT2D eigenvalue weighted by Gasteiger charge is 2.20. The smallest absolute Gasteiger partial charge is 0.323 e. The molecule has 0 amide bonds. The van der Waals surface area contributed by atoms with Crippen molar-refractivity contribution in [3.63, 3.8) is 0 Å². The van der Waals surface area contributed by atoms with Gasteiger partial charge in [-0.3, -0.25) is 10.1 Å². The number of carboxylic acid groups (broad SMARTS) is 1. The van der Waals surface area contributed by atoms with E-state index < -0.39 is 18.1 Å². The molecule has 0 saturated carbocycles. The van der Waals surface area contributed by atoms with Crippen molar-refractivity contribution in [3.05, 3.63) is 0 Å². The van der Waals surface area contributed by atoms with Gasteiger partial charge in [-0.1, -0.05) is 0 Å². The second-order valence-electron chi connectivity index (χ2n) is 1.92. The van der Waals surface area contributed by atoms with Crippen molar-refractivity contribution < 1.29 is 15.0 Å². The van der Waals surface area contributed by atoms with Crippen LogP contribution in [0.1, 0.15) is 6.92 Å². The molecule has 0 radical (unpaired) electrons. The van der Waals surface area contributed by atoms with Crippen molar-refractivity contribution in [1.29, 1.82) is 0 Å². The molecule has 10 heavy (non-hydrogen) atoms. The van der Waals surface area contributed by atoms with E-state index in [-0.39, 0.29) is 5.88 Å². The van der Waals surface area contributed by atoms with E-state index in [1.54, 1.807) is 0 Å². The zero-order valence-electron chi connectivity index (χ0n) is 5.61. The lowest BCUT2D eigenvalue weighted by atomic mass is 10.2. The summed E-state index contributed by atoms with van der Waals surface area (Å²) in [5, 5.41) is 19.8. The molecule has 60 valence electrons. The van der Waals surface area contributed by atoms with Crippen molar-refractivity contribution in [2.24, 2.45) is 0 Å². The van der Waals surface area contributed by atoms with Gasteiger partial charge in [0.2, 0.25) is 0 Å². The second kappa shape index (κ2) is 4.54. The molecule has 0 bridgehead atoms. The molecule has 0 saturated heterocycles. The van der Waals surface area contributed by atoms with Gasteiger partial charge >= 0.3 is 5.97 Å². The normalized spacial score (nSPS) is 16.3. The van der Waals surface area contributed by atoms with Crippen LogP contribution in [0.15, 0.2) is 0 Å². The van der Waals surface area contributed by atoms with Gasteiger partial charge in [-0.15, -0.1) is 0 Å². The maximum absolute atomic E-state index is 10.3. The minimum absolute atomic E-state index is 0.238. The molecule has 3 N–H and O–H groups in total. The Balaban J connectivity index is 3.85. The van der Waals surface area contributed by atoms with Crippen LogP contribution in [0.25, 0.3) is 0 Å². The van der Waals surface area contributed by atoms with Crippen LogP contribution in [0, 0.1) is 0 Å². The summed E-state index contributed by atoms with van der Waals surface area (Å²) in [6.07, 6.45) is -0.898. The number of hydrogen-bond donors (Lipinski definition) is 4. The summed E-state index contributed by atoms with van der Waals surface area (Å²) in [6, 6.07) is -0.919. The number of hydrogen-bond acceptors (Lipinski definition) is 4. The number of aliphatic hydroxyl groups excluding tert-OH is 1. The summed E-state index contributed by atoms with van der Waals surface area (Å²) in [7, 11) is 0. The fraction of sp³-hybridized carbons (Fsp3) is 0.800. The first-order valence-corrected chi connectivity index (χ1v) is 3.48. The second-order valence-corrected chi connectivity index (χ2v) is 2.23. The van der Waals surface area contributed by atoms with Gasteiger partial charge in [-0.2, -0.15) is 12.6 Å². The average molecular weight is 165 g/mol. The number of aliphatic hydroxyl groups is 1. The SMILES string of the molecule is C[C@@H](O)[C@H](NCS)C(=O)O. The van der Waals surface area contributed by atoms with Gasteiger partial charge in [0.15, 0.2) is 0 Å². The molecule has 0 aromatic rings. The molecule has 4 nitrogen and oxygen atoms in total. The van der Waals surface area contributed by atoms with Crippen LogP contribution in [0.3, 0.4) is 0 Å². The van der Waals surface area contributed by atoms with Crippen LogP contribution in [0.5, 0.6) is 0 Å². The largest absolute Gasteiger partial charge is 0.480 e. The molecular formula is C5H11NO3S. The third kappa shape index (κ3) is 3.05. The van der Waals surface area contributed by atoms with E-state index in [0.29, 0.717) is 0 Å². The maximum atomic E-state index is 10.3. The van der Waals surface area contributed by atoms with Crippen molar-refractivity contribution in [3.8, 4) is 0 Å². The zero-order valence-corrected chi connectivity index (χ0v) is 6.51. The summed E-state index contributed by atoms with van der Waals surface area (Å²) in [4.78, 5) is 10.3. The summed E-state index contributed by atoms with van der Waals surface area (Å²) in [5.41, 5.74) is 0. The third-order valence-corrected chi connectivity index (χ3v) is 1.24. The topological polar surface area (TPSA) is 69.6 Å². The molecule has 0 rings (SSSR count). The summed E-state index contributed by atoms with van der Waals surface area (Å²) < 4.78 is 0. The fourth-order valence-corrected chi connectivity index (χ4v) is 0.759. The van der Waals surface area contributed by atoms with Gasteiger partial charge in [0.05, 0.1) is 6.10 Å². The van der Waals surface area contributed by atoms with Crippen molar-refractivity contribution in [2.75, 3.05) is 5.88 Å². The van der Waals surface area contributed by atoms with Crippen LogP contribution >= 0.6 is 12.6 Å². The fourth-order valence-electron chi connectivity index (χ4n) is 0.563. The van der Waals surface area contributed by atoms with Crippen molar-refractivity contribution in [1.82, 2.24) is 5.32 Å². The van der Waals surface area contributed by atoms with Gasteiger partial charge in [0.1, 0.15) is 6.04 Å². The summed E-state index contributed by atoms with van der Waals surface area (Å²) >= 11 is 3.76. The highest BCUT2D eigenvalue weighted by Crippen LogP contribution is 1.92. The van der Waals surface area contributed by atoms with E-state index in [9.17, 15) is 4.79 Å². The monoisotopic (exact) mass is 165 g/mol. The molecule has 0 aliphatic rings. The molecule has 0 aromatic heterocycles. The molecule has 0 heterocycles. The number of nitrogens with one attached hydrogen (secondary N) is 1. The van der Waals surface area contributed by atoms with Crippen molar-refractivity contribution in [2.45, 2.75) is 19.1 Å². The molecular weight excluding hydrogens is 154 g/mol. The first kappa shape index (κ1) is 9.74. The molecule has 5 heteroatoms. The highest BCUT2D eigenvalue weighted by atomic mass is 32.1. The quantitative estimate of drug-likeness (QED) is 0.328. The molecule has 0 unspecified atom stereocenters. The first-order chi connectivity index (χ1) is 4.59. The van der Waals surface area contributed by atoms with E-state index in [4.69, 9.17) is 10.2 Å². The number of carboxylic acids is 1. The predicted octanol–water partition coefficient (Wildman–Crippen LogP) is -0.703. The molecule has 0 aromatic carbocycles. The van der Waals surface area contributed by atoms with Crippen LogP contribution in [0.2, 0.25) is 0 Å². The Morgan fingerprint density at radius 1 is 1.80 bits per heavy atom. The van der Waals surface area contributed by atoms with Crippen LogP contribution in [0.4, 0.5) is 0 Å². The Hall–Kier alpha value is -0.260. The van der Waals surface area contributed by atoms with Crippen molar-refractivity contribution >= 4 is 18.6 Å². The van der Waals surface area contributed by atoms with Crippen LogP contribution in [-0.2, 0) is 4.79 Å². The van der Waals surface area contributed by atoms with E-state index in [1.807, 2.05) is 0 Å². The minimum Gasteiger partial charge on any atom is -0.480 e. The summed E-state index contributed by atoms with van der Waals surface area (Å²) in [6.45, 7) is 1.41. The van der Waals surface area contributed by atoms with E-state index in [1.165, 1.54) is 6.92 Å². The Labute approximate surface area is 64.7 Å². The van der Waals surface area contributed by atoms with Gasteiger partial charge in [-0.05, 0) is 6.92 Å². The molecule has 2 atom stereocenters. The number of carbonyl (C=O) groups is 1. The highest BCUT2D eigenvalue weighted by molar-refractivity contribution is 7.80. The maximum Gasteiger partial charge on any atom is 0.323 e. The molecule has 0 aliphatic carbocycles. The molecule has 0 fully saturated rings. The number of thiol groups is 1. The minimum atomic E-state index is -1.07. The third-order valence-electron chi connectivity index (χ3n) is 1.06. The Bertz CT molecular complexity index is 117. The molecule has 0 aliphatic heterocycles. The lowest BCUT2D eigenvalue weighted by Crippen LogP contribution is -2.44. The number of rotatable bonds is 4. The Kier molecular flexibility index (Phi) is 4.42. The van der Waals surface area contributed by atoms with Gasteiger partial charge in [-0.25, -0.2) is 0 Å². The first-order valence-electron chi connectivity index (χ1n) is 2.84. The van der Waals surface area contributed by atoms with Gasteiger partial charge in [0, 0.05) is 5.88 Å². The van der Waals surface area contributed by atoms with E-state index in [0.717, 1.165) is 0 Å². The molecule has 0 spiro atoms.